The summed E-state index contributed by atoms with van der Waals surface area (Å²) in [7, 11) is 1.91. The normalized spacial score (nSPS) is 11.1. The van der Waals surface area contributed by atoms with Crippen LogP contribution in [-0.2, 0) is 17.5 Å². The third kappa shape index (κ3) is 3.88. The minimum Gasteiger partial charge on any atom is -0.460 e. The van der Waals surface area contributed by atoms with E-state index in [-0.39, 0.29) is 12.4 Å². The molecule has 2 heterocycles. The zero-order valence-electron chi connectivity index (χ0n) is 15.9. The van der Waals surface area contributed by atoms with Crippen LogP contribution in [0.2, 0.25) is 5.02 Å². The fourth-order valence-electron chi connectivity index (χ4n) is 3.03. The molecule has 4 rings (SSSR count). The number of hydrogen-bond acceptors (Lipinski definition) is 6. The molecule has 8 heteroatoms. The van der Waals surface area contributed by atoms with Gasteiger partial charge in [-0.2, -0.15) is 0 Å². The number of thioether (sulfide) groups is 1. The minimum absolute atomic E-state index is 0.237. The summed E-state index contributed by atoms with van der Waals surface area (Å²) >= 11 is 7.45. The first-order valence-electron chi connectivity index (χ1n) is 9.04. The number of carbonyl (C=O) groups is 1. The molecule has 0 aliphatic heterocycles. The summed E-state index contributed by atoms with van der Waals surface area (Å²) in [6.45, 7) is 2.06. The summed E-state index contributed by atoms with van der Waals surface area (Å²) in [4.78, 5) is 12.4. The van der Waals surface area contributed by atoms with Gasteiger partial charge in [0, 0.05) is 34.3 Å². The molecule has 0 radical (unpaired) electrons. The molecule has 148 valence electrons. The van der Waals surface area contributed by atoms with Gasteiger partial charge in [-0.05, 0) is 37.3 Å². The lowest BCUT2D eigenvalue weighted by molar-refractivity contribution is 0.0491. The van der Waals surface area contributed by atoms with Gasteiger partial charge in [0.05, 0.1) is 6.61 Å². The highest BCUT2D eigenvalue weighted by Gasteiger charge is 2.22. The first kappa shape index (κ1) is 19.5. The summed E-state index contributed by atoms with van der Waals surface area (Å²) in [6.07, 6.45) is 0. The number of furan rings is 1. The Bertz CT molecular complexity index is 1170. The lowest BCUT2D eigenvalue weighted by Gasteiger charge is -2.05. The number of fused-ring (bicyclic) bond motifs is 1. The van der Waals surface area contributed by atoms with Gasteiger partial charge in [-0.3, -0.25) is 0 Å². The first-order valence-corrected chi connectivity index (χ1v) is 10.4. The molecule has 0 saturated heterocycles. The molecule has 0 atom stereocenters. The molecule has 0 saturated carbocycles. The Balaban J connectivity index is 1.63. The maximum absolute atomic E-state index is 12.4. The third-order valence-electron chi connectivity index (χ3n) is 4.44. The van der Waals surface area contributed by atoms with Crippen LogP contribution in [0.15, 0.2) is 58.1 Å². The molecule has 0 N–H and O–H groups in total. The topological polar surface area (TPSA) is 70.2 Å². The van der Waals surface area contributed by atoms with Crippen LogP contribution in [0.4, 0.5) is 0 Å². The van der Waals surface area contributed by atoms with Crippen molar-refractivity contribution < 1.29 is 13.9 Å². The Morgan fingerprint density at radius 1 is 1.17 bits per heavy atom. The van der Waals surface area contributed by atoms with Gasteiger partial charge in [0.15, 0.2) is 11.0 Å². The molecule has 0 aliphatic rings. The number of esters is 1. The third-order valence-corrected chi connectivity index (χ3v) is 5.74. The fraction of sp³-hybridized carbons (Fsp3) is 0.190. The van der Waals surface area contributed by atoms with E-state index in [1.807, 2.05) is 60.1 Å². The molecular weight excluding hydrogens is 410 g/mol. The first-order chi connectivity index (χ1) is 14.1. The molecule has 0 spiro atoms. The van der Waals surface area contributed by atoms with Crippen LogP contribution in [0.25, 0.3) is 22.4 Å². The SMILES string of the molecule is CCOC(=O)c1oc2ccccc2c1CSc1nnc(-c2ccc(Cl)cc2)n1C. The van der Waals surface area contributed by atoms with Gasteiger partial charge in [0.2, 0.25) is 5.76 Å². The second kappa shape index (κ2) is 8.31. The van der Waals surface area contributed by atoms with Crippen molar-refractivity contribution in [2.24, 2.45) is 7.05 Å². The van der Waals surface area contributed by atoms with Gasteiger partial charge in [-0.1, -0.05) is 41.6 Å². The molecule has 0 fully saturated rings. The van der Waals surface area contributed by atoms with Gasteiger partial charge in [-0.25, -0.2) is 4.79 Å². The quantitative estimate of drug-likeness (QED) is 0.305. The second-order valence-electron chi connectivity index (χ2n) is 6.29. The van der Waals surface area contributed by atoms with Gasteiger partial charge in [0.1, 0.15) is 5.58 Å². The number of ether oxygens (including phenoxy) is 1. The van der Waals surface area contributed by atoms with Gasteiger partial charge in [-0.15, -0.1) is 10.2 Å². The lowest BCUT2D eigenvalue weighted by Crippen LogP contribution is -2.06. The van der Waals surface area contributed by atoms with E-state index in [0.717, 1.165) is 27.5 Å². The molecule has 29 heavy (non-hydrogen) atoms. The van der Waals surface area contributed by atoms with Crippen molar-refractivity contribution in [1.82, 2.24) is 14.8 Å². The maximum Gasteiger partial charge on any atom is 0.374 e. The summed E-state index contributed by atoms with van der Waals surface area (Å²) in [5.74, 6) is 1.02. The highest BCUT2D eigenvalue weighted by Crippen LogP contribution is 2.33. The van der Waals surface area contributed by atoms with E-state index >= 15 is 0 Å². The van der Waals surface area contributed by atoms with Crippen LogP contribution in [0.1, 0.15) is 23.0 Å². The van der Waals surface area contributed by atoms with Crippen molar-refractivity contribution in [2.75, 3.05) is 6.61 Å². The van der Waals surface area contributed by atoms with E-state index in [1.165, 1.54) is 11.8 Å². The minimum atomic E-state index is -0.459. The molecule has 0 bridgehead atoms. The Labute approximate surface area is 176 Å². The van der Waals surface area contributed by atoms with E-state index in [1.54, 1.807) is 6.92 Å². The van der Waals surface area contributed by atoms with Crippen molar-refractivity contribution in [3.05, 3.63) is 64.9 Å². The van der Waals surface area contributed by atoms with Gasteiger partial charge < -0.3 is 13.7 Å². The van der Waals surface area contributed by atoms with Crippen molar-refractivity contribution in [2.45, 2.75) is 17.8 Å². The summed E-state index contributed by atoms with van der Waals surface area (Å²) in [6, 6.07) is 15.0. The van der Waals surface area contributed by atoms with Crippen LogP contribution in [-0.4, -0.2) is 27.3 Å². The predicted molar refractivity (Wildman–Crippen MR) is 113 cm³/mol. The number of rotatable bonds is 6. The summed E-state index contributed by atoms with van der Waals surface area (Å²) in [5.41, 5.74) is 2.38. The number of nitrogens with zero attached hydrogens (tertiary/aromatic N) is 3. The maximum atomic E-state index is 12.4. The van der Waals surface area contributed by atoms with E-state index in [0.29, 0.717) is 16.4 Å². The van der Waals surface area contributed by atoms with E-state index < -0.39 is 5.97 Å². The fourth-order valence-corrected chi connectivity index (χ4v) is 4.10. The van der Waals surface area contributed by atoms with Crippen molar-refractivity contribution in [3.8, 4) is 11.4 Å². The van der Waals surface area contributed by atoms with Crippen molar-refractivity contribution >= 4 is 40.3 Å². The lowest BCUT2D eigenvalue weighted by atomic mass is 10.1. The average Bonchev–Trinajstić information content (AvgIpc) is 3.28. The van der Waals surface area contributed by atoms with E-state index in [4.69, 9.17) is 20.8 Å². The molecule has 0 amide bonds. The van der Waals surface area contributed by atoms with Crippen molar-refractivity contribution in [1.29, 1.82) is 0 Å². The predicted octanol–water partition coefficient (Wildman–Crippen LogP) is 5.35. The molecule has 4 aromatic rings. The number of hydrogen-bond donors (Lipinski definition) is 0. The standard InChI is InChI=1S/C21H18ClN3O3S/c1-3-27-20(26)18-16(15-6-4-5-7-17(15)28-18)12-29-21-24-23-19(25(21)2)13-8-10-14(22)11-9-13/h4-11H,3,12H2,1-2H3. The average molecular weight is 428 g/mol. The number of aromatic nitrogens is 3. The van der Waals surface area contributed by atoms with Crippen molar-refractivity contribution in [3.63, 3.8) is 0 Å². The van der Waals surface area contributed by atoms with Crippen LogP contribution < -0.4 is 0 Å². The summed E-state index contributed by atoms with van der Waals surface area (Å²) in [5, 5.41) is 10.9. The molecule has 0 unspecified atom stereocenters. The zero-order chi connectivity index (χ0) is 20.4. The molecule has 2 aromatic heterocycles. The van der Waals surface area contributed by atoms with Gasteiger partial charge in [0.25, 0.3) is 0 Å². The largest absolute Gasteiger partial charge is 0.460 e. The zero-order valence-corrected chi connectivity index (χ0v) is 17.5. The van der Waals surface area contributed by atoms with Crippen LogP contribution >= 0.6 is 23.4 Å². The van der Waals surface area contributed by atoms with Gasteiger partial charge >= 0.3 is 5.97 Å². The Morgan fingerprint density at radius 3 is 2.69 bits per heavy atom. The Hall–Kier alpha value is -2.77. The Morgan fingerprint density at radius 2 is 1.93 bits per heavy atom. The van der Waals surface area contributed by atoms with Crippen LogP contribution in [0.5, 0.6) is 0 Å². The van der Waals surface area contributed by atoms with E-state index in [2.05, 4.69) is 10.2 Å². The molecule has 0 aliphatic carbocycles. The van der Waals surface area contributed by atoms with Crippen LogP contribution in [0, 0.1) is 0 Å². The number of halogens is 1. The highest BCUT2D eigenvalue weighted by atomic mass is 35.5. The molecule has 2 aromatic carbocycles. The second-order valence-corrected chi connectivity index (χ2v) is 7.67. The number of benzene rings is 2. The number of para-hydroxylation sites is 1. The Kier molecular flexibility index (Phi) is 5.60. The molecular formula is C21H18ClN3O3S. The van der Waals surface area contributed by atoms with E-state index in [9.17, 15) is 4.79 Å². The number of carbonyl (C=O) groups excluding carboxylic acids is 1. The molecule has 6 nitrogen and oxygen atoms in total. The monoisotopic (exact) mass is 427 g/mol. The summed E-state index contributed by atoms with van der Waals surface area (Å²) < 4.78 is 12.9. The smallest absolute Gasteiger partial charge is 0.374 e. The highest BCUT2D eigenvalue weighted by molar-refractivity contribution is 7.98. The van der Waals surface area contributed by atoms with Crippen LogP contribution in [0.3, 0.4) is 0 Å².